The van der Waals surface area contributed by atoms with Crippen molar-refractivity contribution in [3.05, 3.63) is 29.8 Å². The maximum absolute atomic E-state index is 12.7. The topological polar surface area (TPSA) is 42.0 Å². The molecule has 1 aromatic rings. The Hall–Kier alpha value is -1.89. The molecule has 1 heterocycles. The first kappa shape index (κ1) is 11.2. The Morgan fingerprint density at radius 1 is 1.60 bits per heavy atom. The fourth-order valence-electron chi connectivity index (χ4n) is 1.03. The first-order valence-electron chi connectivity index (χ1n) is 4.56. The van der Waals surface area contributed by atoms with Crippen molar-refractivity contribution >= 4 is 5.91 Å². The number of nitrogens with one attached hydrogen (secondary N) is 1. The Balaban J connectivity index is 2.44. The largest absolute Gasteiger partial charge is 0.352 e. The summed E-state index contributed by atoms with van der Waals surface area (Å²) in [4.78, 5) is 15.0. The Morgan fingerprint density at radius 3 is 3.07 bits per heavy atom. The van der Waals surface area contributed by atoms with E-state index in [9.17, 15) is 9.18 Å². The van der Waals surface area contributed by atoms with Gasteiger partial charge >= 0.3 is 0 Å². The number of halogens is 1. The van der Waals surface area contributed by atoms with Gasteiger partial charge in [0.1, 0.15) is 5.82 Å². The molecule has 78 valence electrons. The monoisotopic (exact) mass is 206 g/mol. The quantitative estimate of drug-likeness (QED) is 0.597. The van der Waals surface area contributed by atoms with Crippen molar-refractivity contribution in [2.24, 2.45) is 0 Å². The zero-order chi connectivity index (χ0) is 11.1. The number of carbonyl (C=O) groups is 1. The van der Waals surface area contributed by atoms with Crippen LogP contribution < -0.4 is 5.32 Å². The molecule has 0 atom stereocenters. The highest BCUT2D eigenvalue weighted by atomic mass is 19.1. The summed E-state index contributed by atoms with van der Waals surface area (Å²) in [7, 11) is 0. The molecule has 1 N–H and O–H groups in total. The second-order valence-electron chi connectivity index (χ2n) is 2.96. The predicted molar refractivity (Wildman–Crippen MR) is 54.6 cm³/mol. The zero-order valence-electron chi connectivity index (χ0n) is 8.16. The van der Waals surface area contributed by atoms with Crippen LogP contribution in [0.2, 0.25) is 0 Å². The van der Waals surface area contributed by atoms with Gasteiger partial charge in [-0.2, -0.15) is 0 Å². The molecular weight excluding hydrogens is 195 g/mol. The third-order valence-corrected chi connectivity index (χ3v) is 1.75. The number of pyridine rings is 1. The molecular formula is C11H11FN2O. The number of rotatable bonds is 4. The maximum atomic E-state index is 12.7. The van der Waals surface area contributed by atoms with E-state index in [4.69, 9.17) is 6.42 Å². The smallest absolute Gasteiger partial charge is 0.252 e. The summed E-state index contributed by atoms with van der Waals surface area (Å²) in [5.41, 5.74) is 0.218. The average Bonchev–Trinajstić information content (AvgIpc) is 2.24. The van der Waals surface area contributed by atoms with Crippen molar-refractivity contribution < 1.29 is 9.18 Å². The minimum atomic E-state index is -0.522. The number of aromatic nitrogens is 1. The Kier molecular flexibility index (Phi) is 4.30. The van der Waals surface area contributed by atoms with E-state index in [1.165, 1.54) is 6.20 Å². The Morgan fingerprint density at radius 2 is 2.40 bits per heavy atom. The molecule has 0 aliphatic heterocycles. The van der Waals surface area contributed by atoms with Crippen LogP contribution in [0, 0.1) is 18.2 Å². The lowest BCUT2D eigenvalue weighted by Crippen LogP contribution is -2.24. The van der Waals surface area contributed by atoms with Gasteiger partial charge in [0.2, 0.25) is 0 Å². The van der Waals surface area contributed by atoms with Gasteiger partial charge in [-0.05, 0) is 12.5 Å². The molecule has 0 aromatic carbocycles. The molecule has 0 unspecified atom stereocenters. The molecule has 0 fully saturated rings. The van der Waals surface area contributed by atoms with Crippen LogP contribution in [0.5, 0.6) is 0 Å². The molecule has 1 rings (SSSR count). The summed E-state index contributed by atoms with van der Waals surface area (Å²) in [6.45, 7) is 0.486. The molecule has 3 nitrogen and oxygen atoms in total. The predicted octanol–water partition coefficient (Wildman–Crippen LogP) is 1.36. The summed E-state index contributed by atoms with van der Waals surface area (Å²) >= 11 is 0. The second kappa shape index (κ2) is 5.76. The molecule has 0 radical (unpaired) electrons. The van der Waals surface area contributed by atoms with Crippen molar-refractivity contribution in [3.8, 4) is 12.3 Å². The van der Waals surface area contributed by atoms with Gasteiger partial charge in [0.05, 0.1) is 11.8 Å². The highest BCUT2D eigenvalue weighted by Gasteiger charge is 2.05. The summed E-state index contributed by atoms with van der Waals surface area (Å²) in [5, 5.41) is 2.62. The van der Waals surface area contributed by atoms with E-state index in [1.54, 1.807) is 0 Å². The molecule has 15 heavy (non-hydrogen) atoms. The molecule has 4 heteroatoms. The molecule has 0 aliphatic rings. The number of unbranched alkanes of at least 4 members (excludes halogenated alkanes) is 1. The lowest BCUT2D eigenvalue weighted by atomic mass is 10.2. The van der Waals surface area contributed by atoms with Crippen molar-refractivity contribution in [3.63, 3.8) is 0 Å². The molecule has 0 saturated heterocycles. The molecule has 0 bridgehead atoms. The van der Waals surface area contributed by atoms with E-state index >= 15 is 0 Å². The second-order valence-corrected chi connectivity index (χ2v) is 2.96. The van der Waals surface area contributed by atoms with Gasteiger partial charge in [0.15, 0.2) is 0 Å². The summed E-state index contributed by atoms with van der Waals surface area (Å²) in [6.07, 6.45) is 8.75. The van der Waals surface area contributed by atoms with Gasteiger partial charge in [-0.3, -0.25) is 9.78 Å². The van der Waals surface area contributed by atoms with Crippen molar-refractivity contribution in [1.29, 1.82) is 0 Å². The van der Waals surface area contributed by atoms with E-state index in [0.717, 1.165) is 12.3 Å². The minimum absolute atomic E-state index is 0.218. The normalized spacial score (nSPS) is 9.33. The number of hydrogen-bond acceptors (Lipinski definition) is 2. The van der Waals surface area contributed by atoms with Crippen LogP contribution in [0.4, 0.5) is 4.39 Å². The fraction of sp³-hybridized carbons (Fsp3) is 0.273. The number of amides is 1. The Labute approximate surface area is 87.7 Å². The molecule has 1 amide bonds. The van der Waals surface area contributed by atoms with Gasteiger partial charge in [0, 0.05) is 19.2 Å². The maximum Gasteiger partial charge on any atom is 0.252 e. The highest BCUT2D eigenvalue weighted by molar-refractivity contribution is 5.93. The van der Waals surface area contributed by atoms with Gasteiger partial charge in [-0.25, -0.2) is 4.39 Å². The van der Waals surface area contributed by atoms with Crippen LogP contribution in [0.15, 0.2) is 18.5 Å². The zero-order valence-corrected chi connectivity index (χ0v) is 8.16. The number of terminal acetylenes is 1. The lowest BCUT2D eigenvalue weighted by Gasteiger charge is -2.03. The van der Waals surface area contributed by atoms with Crippen LogP contribution in [0.1, 0.15) is 23.2 Å². The van der Waals surface area contributed by atoms with E-state index in [0.29, 0.717) is 19.4 Å². The van der Waals surface area contributed by atoms with Gasteiger partial charge in [-0.15, -0.1) is 12.3 Å². The molecule has 0 aliphatic carbocycles. The summed E-state index contributed by atoms with van der Waals surface area (Å²) in [5.74, 6) is 1.61. The molecule has 0 saturated carbocycles. The van der Waals surface area contributed by atoms with Crippen LogP contribution in [0.25, 0.3) is 0 Å². The minimum Gasteiger partial charge on any atom is -0.352 e. The SMILES string of the molecule is C#CCCCNC(=O)c1cncc(F)c1. The van der Waals surface area contributed by atoms with Crippen molar-refractivity contribution in [1.82, 2.24) is 10.3 Å². The van der Waals surface area contributed by atoms with E-state index in [-0.39, 0.29) is 11.5 Å². The van der Waals surface area contributed by atoms with Gasteiger partial charge in [0.25, 0.3) is 5.91 Å². The van der Waals surface area contributed by atoms with Crippen LogP contribution in [-0.4, -0.2) is 17.4 Å². The summed E-state index contributed by atoms with van der Waals surface area (Å²) < 4.78 is 12.7. The van der Waals surface area contributed by atoms with Crippen LogP contribution in [0.3, 0.4) is 0 Å². The van der Waals surface area contributed by atoms with E-state index in [1.807, 2.05) is 0 Å². The Bertz CT molecular complexity index is 384. The third kappa shape index (κ3) is 3.77. The first-order chi connectivity index (χ1) is 7.24. The standard InChI is InChI=1S/C11H11FN2O/c1-2-3-4-5-14-11(15)9-6-10(12)8-13-7-9/h1,6-8H,3-5H2,(H,14,15). The van der Waals surface area contributed by atoms with Crippen LogP contribution in [-0.2, 0) is 0 Å². The molecule has 1 aromatic heterocycles. The number of nitrogens with zero attached hydrogens (tertiary/aromatic N) is 1. The number of carbonyl (C=O) groups excluding carboxylic acids is 1. The summed E-state index contributed by atoms with van der Waals surface area (Å²) in [6, 6.07) is 1.14. The van der Waals surface area contributed by atoms with E-state index < -0.39 is 5.82 Å². The number of hydrogen-bond donors (Lipinski definition) is 1. The highest BCUT2D eigenvalue weighted by Crippen LogP contribution is 2.00. The van der Waals surface area contributed by atoms with Gasteiger partial charge in [-0.1, -0.05) is 0 Å². The molecule has 0 spiro atoms. The first-order valence-corrected chi connectivity index (χ1v) is 4.56. The fourth-order valence-corrected chi connectivity index (χ4v) is 1.03. The van der Waals surface area contributed by atoms with Gasteiger partial charge < -0.3 is 5.32 Å². The lowest BCUT2D eigenvalue weighted by molar-refractivity contribution is 0.0952. The van der Waals surface area contributed by atoms with Crippen molar-refractivity contribution in [2.45, 2.75) is 12.8 Å². The van der Waals surface area contributed by atoms with E-state index in [2.05, 4.69) is 16.2 Å². The van der Waals surface area contributed by atoms with Crippen LogP contribution >= 0.6 is 0 Å². The van der Waals surface area contributed by atoms with Crippen molar-refractivity contribution in [2.75, 3.05) is 6.54 Å². The average molecular weight is 206 g/mol. The third-order valence-electron chi connectivity index (χ3n) is 1.75.